The van der Waals surface area contributed by atoms with Crippen LogP contribution in [0.5, 0.6) is 11.5 Å². The Morgan fingerprint density at radius 1 is 1.38 bits per heavy atom. The average molecular weight is 243 g/mol. The molecule has 0 saturated carbocycles. The van der Waals surface area contributed by atoms with Crippen LogP contribution in [-0.4, -0.2) is 33.7 Å². The number of hydrogen-bond donors (Lipinski definition) is 5. The van der Waals surface area contributed by atoms with Crippen LogP contribution in [0.1, 0.15) is 18.5 Å². The molecule has 0 amide bonds. The number of rotatable bonds is 5. The zero-order valence-electron chi connectivity index (χ0n) is 9.09. The monoisotopic (exact) mass is 243 g/mol. The van der Waals surface area contributed by atoms with E-state index in [1.807, 2.05) is 6.92 Å². The Balaban J connectivity index is 2.79. The molecule has 2 unspecified atom stereocenters. The minimum atomic E-state index is -0.170. The molecule has 0 radical (unpaired) electrons. The van der Waals surface area contributed by atoms with Gasteiger partial charge in [-0.3, -0.25) is 0 Å². The molecule has 4 nitrogen and oxygen atoms in total. The Bertz CT molecular complexity index is 342. The zero-order valence-corrected chi connectivity index (χ0v) is 9.98. The normalized spacial score (nSPS) is 14.7. The van der Waals surface area contributed by atoms with Gasteiger partial charge in [0.1, 0.15) is 11.5 Å². The highest BCUT2D eigenvalue weighted by molar-refractivity contribution is 7.80. The summed E-state index contributed by atoms with van der Waals surface area (Å²) in [6.45, 7) is 1.83. The lowest BCUT2D eigenvalue weighted by Crippen LogP contribution is -2.36. The fourth-order valence-corrected chi connectivity index (χ4v) is 1.72. The number of aliphatic hydroxyl groups excluding tert-OH is 1. The number of aromatic hydroxyl groups is 2. The summed E-state index contributed by atoms with van der Waals surface area (Å²) in [6.07, 6.45) is 0. The van der Waals surface area contributed by atoms with E-state index in [0.717, 1.165) is 0 Å². The molecule has 0 bridgehead atoms. The Labute approximate surface area is 100 Å². The quantitative estimate of drug-likeness (QED) is 0.396. The maximum absolute atomic E-state index is 9.63. The number of phenols is 2. The second-order valence-electron chi connectivity index (χ2n) is 3.69. The van der Waals surface area contributed by atoms with Gasteiger partial charge in [0.2, 0.25) is 0 Å². The first kappa shape index (κ1) is 13.2. The fraction of sp³-hybridized carbons (Fsp3) is 0.455. The average Bonchev–Trinajstić information content (AvgIpc) is 2.28. The van der Waals surface area contributed by atoms with Crippen molar-refractivity contribution in [2.24, 2.45) is 0 Å². The van der Waals surface area contributed by atoms with E-state index >= 15 is 0 Å². The molecule has 1 aromatic carbocycles. The molecule has 1 aromatic rings. The largest absolute Gasteiger partial charge is 0.508 e. The zero-order chi connectivity index (χ0) is 12.1. The molecule has 0 saturated heterocycles. The lowest BCUT2D eigenvalue weighted by molar-refractivity contribution is 0.245. The van der Waals surface area contributed by atoms with E-state index in [0.29, 0.717) is 11.3 Å². The predicted molar refractivity (Wildman–Crippen MR) is 66.0 cm³/mol. The van der Waals surface area contributed by atoms with E-state index in [9.17, 15) is 10.2 Å². The lowest BCUT2D eigenvalue weighted by Gasteiger charge is -2.21. The van der Waals surface area contributed by atoms with Crippen LogP contribution in [0.2, 0.25) is 0 Å². The van der Waals surface area contributed by atoms with Gasteiger partial charge >= 0.3 is 0 Å². The molecule has 0 aliphatic heterocycles. The van der Waals surface area contributed by atoms with E-state index in [1.54, 1.807) is 0 Å². The topological polar surface area (TPSA) is 72.7 Å². The Morgan fingerprint density at radius 3 is 2.62 bits per heavy atom. The van der Waals surface area contributed by atoms with Gasteiger partial charge in [-0.2, -0.15) is 12.6 Å². The van der Waals surface area contributed by atoms with Crippen molar-refractivity contribution in [3.63, 3.8) is 0 Å². The van der Waals surface area contributed by atoms with Crippen LogP contribution in [-0.2, 0) is 0 Å². The smallest absolute Gasteiger partial charge is 0.120 e. The molecule has 90 valence electrons. The second-order valence-corrected chi connectivity index (χ2v) is 4.06. The predicted octanol–water partition coefficient (Wildman–Crippen LogP) is 1.04. The standard InChI is InChI=1S/C11H17NO3S/c1-7(12-8(5-13)6-16)10-4-9(14)2-3-11(10)15/h2-4,7-8,12-16H,5-6H2,1H3. The molecule has 16 heavy (non-hydrogen) atoms. The molecule has 4 N–H and O–H groups in total. The number of thiol groups is 1. The summed E-state index contributed by atoms with van der Waals surface area (Å²) in [6, 6.07) is 4.06. The third kappa shape index (κ3) is 3.30. The maximum atomic E-state index is 9.63. The highest BCUT2D eigenvalue weighted by Crippen LogP contribution is 2.27. The van der Waals surface area contributed by atoms with Crippen LogP contribution in [0, 0.1) is 0 Å². The highest BCUT2D eigenvalue weighted by Gasteiger charge is 2.14. The molecule has 0 heterocycles. The van der Waals surface area contributed by atoms with Crippen molar-refractivity contribution in [1.29, 1.82) is 0 Å². The third-order valence-electron chi connectivity index (χ3n) is 2.40. The van der Waals surface area contributed by atoms with Crippen molar-refractivity contribution >= 4 is 12.6 Å². The Morgan fingerprint density at radius 2 is 2.06 bits per heavy atom. The van der Waals surface area contributed by atoms with E-state index in [-0.39, 0.29) is 30.2 Å². The van der Waals surface area contributed by atoms with Gasteiger partial charge in [0.15, 0.2) is 0 Å². The van der Waals surface area contributed by atoms with Crippen LogP contribution in [0.3, 0.4) is 0 Å². The van der Waals surface area contributed by atoms with Crippen LogP contribution in [0.15, 0.2) is 18.2 Å². The van der Waals surface area contributed by atoms with Gasteiger partial charge in [-0.05, 0) is 25.1 Å². The van der Waals surface area contributed by atoms with Crippen molar-refractivity contribution < 1.29 is 15.3 Å². The number of aliphatic hydroxyl groups is 1. The molecule has 0 aliphatic rings. The van der Waals surface area contributed by atoms with Crippen molar-refractivity contribution in [3.05, 3.63) is 23.8 Å². The Kier molecular flexibility index (Phi) is 4.92. The van der Waals surface area contributed by atoms with E-state index < -0.39 is 0 Å². The SMILES string of the molecule is CC(NC(CO)CS)c1cc(O)ccc1O. The molecular weight excluding hydrogens is 226 g/mol. The minimum Gasteiger partial charge on any atom is -0.508 e. The van der Waals surface area contributed by atoms with E-state index in [4.69, 9.17) is 5.11 Å². The van der Waals surface area contributed by atoms with Gasteiger partial charge in [-0.15, -0.1) is 0 Å². The van der Waals surface area contributed by atoms with Gasteiger partial charge in [-0.1, -0.05) is 0 Å². The van der Waals surface area contributed by atoms with Gasteiger partial charge < -0.3 is 20.6 Å². The first-order valence-electron chi connectivity index (χ1n) is 5.08. The molecule has 0 spiro atoms. The maximum Gasteiger partial charge on any atom is 0.120 e. The van der Waals surface area contributed by atoms with Gasteiger partial charge in [-0.25, -0.2) is 0 Å². The number of benzene rings is 1. The molecule has 1 rings (SSSR count). The summed E-state index contributed by atoms with van der Waals surface area (Å²) in [4.78, 5) is 0. The van der Waals surface area contributed by atoms with Crippen molar-refractivity contribution in [2.45, 2.75) is 19.0 Å². The first-order valence-corrected chi connectivity index (χ1v) is 5.71. The molecule has 2 atom stereocenters. The minimum absolute atomic E-state index is 0.0204. The summed E-state index contributed by atoms with van der Waals surface area (Å²) in [5.74, 6) is 0.724. The summed E-state index contributed by atoms with van der Waals surface area (Å²) in [7, 11) is 0. The summed E-state index contributed by atoms with van der Waals surface area (Å²) in [5, 5.41) is 31.1. The van der Waals surface area contributed by atoms with Crippen LogP contribution in [0.4, 0.5) is 0 Å². The van der Waals surface area contributed by atoms with Gasteiger partial charge in [0.25, 0.3) is 0 Å². The molecule has 0 aromatic heterocycles. The molecule has 0 fully saturated rings. The first-order chi connectivity index (χ1) is 7.58. The van der Waals surface area contributed by atoms with Crippen molar-refractivity contribution in [1.82, 2.24) is 5.32 Å². The van der Waals surface area contributed by atoms with E-state index in [1.165, 1.54) is 18.2 Å². The van der Waals surface area contributed by atoms with Gasteiger partial charge in [0, 0.05) is 23.4 Å². The van der Waals surface area contributed by atoms with Crippen LogP contribution >= 0.6 is 12.6 Å². The number of hydrogen-bond acceptors (Lipinski definition) is 5. The van der Waals surface area contributed by atoms with Crippen molar-refractivity contribution in [2.75, 3.05) is 12.4 Å². The lowest BCUT2D eigenvalue weighted by atomic mass is 10.1. The second kappa shape index (κ2) is 5.98. The fourth-order valence-electron chi connectivity index (χ4n) is 1.50. The summed E-state index contributed by atoms with van der Waals surface area (Å²) >= 11 is 4.09. The third-order valence-corrected chi connectivity index (χ3v) is 2.84. The highest BCUT2D eigenvalue weighted by atomic mass is 32.1. The molecule has 5 heteroatoms. The number of phenolic OH excluding ortho intramolecular Hbond substituents is 2. The van der Waals surface area contributed by atoms with Gasteiger partial charge in [0.05, 0.1) is 6.61 Å². The molecular formula is C11H17NO3S. The van der Waals surface area contributed by atoms with E-state index in [2.05, 4.69) is 17.9 Å². The number of nitrogens with one attached hydrogen (secondary N) is 1. The Hall–Kier alpha value is -0.910. The molecule has 0 aliphatic carbocycles. The van der Waals surface area contributed by atoms with Crippen LogP contribution < -0.4 is 5.32 Å². The van der Waals surface area contributed by atoms with Crippen molar-refractivity contribution in [3.8, 4) is 11.5 Å². The summed E-state index contributed by atoms with van der Waals surface area (Å²) in [5.41, 5.74) is 0.597. The summed E-state index contributed by atoms with van der Waals surface area (Å²) < 4.78 is 0. The van der Waals surface area contributed by atoms with Crippen LogP contribution in [0.25, 0.3) is 0 Å².